The van der Waals surface area contributed by atoms with Gasteiger partial charge in [0.25, 0.3) is 5.91 Å². The van der Waals surface area contributed by atoms with Crippen molar-refractivity contribution in [2.24, 2.45) is 0 Å². The van der Waals surface area contributed by atoms with Crippen LogP contribution in [0.25, 0.3) is 0 Å². The molecule has 0 aliphatic carbocycles. The number of aliphatic hydroxyl groups is 3. The number of ether oxygens (including phenoxy) is 1. The van der Waals surface area contributed by atoms with Gasteiger partial charge in [-0.2, -0.15) is 0 Å². The first kappa shape index (κ1) is 14.6. The number of anilines is 1. The fourth-order valence-electron chi connectivity index (χ4n) is 1.93. The van der Waals surface area contributed by atoms with Crippen LogP contribution in [-0.2, 0) is 0 Å². The summed E-state index contributed by atoms with van der Waals surface area (Å²) < 4.78 is 5.48. The number of hydrogen-bond donors (Lipinski definition) is 5. The van der Waals surface area contributed by atoms with Crippen LogP contribution in [-0.4, -0.2) is 59.7 Å². The van der Waals surface area contributed by atoms with Crippen molar-refractivity contribution in [1.29, 1.82) is 0 Å². The lowest BCUT2D eigenvalue weighted by Crippen LogP contribution is -2.57. The lowest BCUT2D eigenvalue weighted by molar-refractivity contribution is 0.0374. The van der Waals surface area contributed by atoms with Gasteiger partial charge in [-0.05, 0) is 12.1 Å². The molecule has 20 heavy (non-hydrogen) atoms. The highest BCUT2D eigenvalue weighted by molar-refractivity contribution is 5.99. The molecule has 0 unspecified atom stereocenters. The summed E-state index contributed by atoms with van der Waals surface area (Å²) in [6, 6.07) is 5.08. The summed E-state index contributed by atoms with van der Waals surface area (Å²) in [6.45, 7) is -0.603. The van der Waals surface area contributed by atoms with E-state index < -0.39 is 31.3 Å². The Bertz CT molecular complexity index is 479. The second kappa shape index (κ2) is 6.08. The average molecular weight is 282 g/mol. The summed E-state index contributed by atoms with van der Waals surface area (Å²) in [5.41, 5.74) is -0.456. The molecule has 0 radical (unpaired) electrons. The Balaban J connectivity index is 2.25. The van der Waals surface area contributed by atoms with Gasteiger partial charge in [0.15, 0.2) is 5.75 Å². The molecular weight excluding hydrogens is 264 g/mol. The largest absolute Gasteiger partial charge is 0.489 e. The quantitative estimate of drug-likeness (QED) is 0.470. The minimum atomic E-state index is -1.46. The molecule has 2 rings (SSSR count). The zero-order chi connectivity index (χ0) is 14.6. The second-order valence-corrected chi connectivity index (χ2v) is 4.67. The molecule has 5 N–H and O–H groups in total. The average Bonchev–Trinajstić information content (AvgIpc) is 2.52. The van der Waals surface area contributed by atoms with Crippen molar-refractivity contribution < 1.29 is 24.9 Å². The van der Waals surface area contributed by atoms with Gasteiger partial charge in [0.05, 0.1) is 31.1 Å². The minimum Gasteiger partial charge on any atom is -0.489 e. The van der Waals surface area contributed by atoms with E-state index in [1.807, 2.05) is 0 Å². The standard InChI is InChI=1S/C13H18N2O5/c16-6-13(7-17,8-18)15-12(19)9-2-1-3-10-11(9)20-5-4-14-10/h1-3,14,16-18H,4-8H2,(H,15,19). The Labute approximate surface area is 116 Å². The highest BCUT2D eigenvalue weighted by Gasteiger charge is 2.31. The molecule has 1 aromatic rings. The third-order valence-corrected chi connectivity index (χ3v) is 3.21. The fourth-order valence-corrected chi connectivity index (χ4v) is 1.93. The van der Waals surface area contributed by atoms with Crippen molar-refractivity contribution in [2.45, 2.75) is 5.54 Å². The number of para-hydroxylation sites is 1. The molecule has 110 valence electrons. The van der Waals surface area contributed by atoms with E-state index in [1.165, 1.54) is 0 Å². The SMILES string of the molecule is O=C(NC(CO)(CO)CO)c1cccc2c1OCCN2. The number of carbonyl (C=O) groups is 1. The van der Waals surface area contributed by atoms with Crippen LogP contribution < -0.4 is 15.4 Å². The van der Waals surface area contributed by atoms with Gasteiger partial charge in [-0.25, -0.2) is 0 Å². The van der Waals surface area contributed by atoms with Crippen molar-refractivity contribution in [3.8, 4) is 5.75 Å². The zero-order valence-electron chi connectivity index (χ0n) is 10.9. The zero-order valence-corrected chi connectivity index (χ0v) is 10.9. The molecule has 0 aromatic heterocycles. The summed E-state index contributed by atoms with van der Waals surface area (Å²) >= 11 is 0. The molecule has 0 saturated carbocycles. The highest BCUT2D eigenvalue weighted by atomic mass is 16.5. The smallest absolute Gasteiger partial charge is 0.255 e. The Hall–Kier alpha value is -1.83. The van der Waals surface area contributed by atoms with Crippen LogP contribution >= 0.6 is 0 Å². The van der Waals surface area contributed by atoms with Gasteiger partial charge in [-0.15, -0.1) is 0 Å². The molecule has 0 atom stereocenters. The molecule has 1 aliphatic rings. The van der Waals surface area contributed by atoms with E-state index >= 15 is 0 Å². The van der Waals surface area contributed by atoms with Crippen LogP contribution in [0.3, 0.4) is 0 Å². The number of amides is 1. The Morgan fingerprint density at radius 3 is 2.65 bits per heavy atom. The molecule has 0 fully saturated rings. The molecule has 1 aromatic carbocycles. The number of nitrogens with one attached hydrogen (secondary N) is 2. The van der Waals surface area contributed by atoms with E-state index in [0.717, 1.165) is 0 Å². The molecule has 1 heterocycles. The van der Waals surface area contributed by atoms with Gasteiger partial charge >= 0.3 is 0 Å². The van der Waals surface area contributed by atoms with Crippen molar-refractivity contribution in [1.82, 2.24) is 5.32 Å². The molecule has 1 amide bonds. The highest BCUT2D eigenvalue weighted by Crippen LogP contribution is 2.31. The van der Waals surface area contributed by atoms with E-state index in [9.17, 15) is 20.1 Å². The fraction of sp³-hybridized carbons (Fsp3) is 0.462. The third kappa shape index (κ3) is 2.69. The number of rotatable bonds is 5. The van der Waals surface area contributed by atoms with Crippen molar-refractivity contribution >= 4 is 11.6 Å². The van der Waals surface area contributed by atoms with Gasteiger partial charge in [0.1, 0.15) is 12.1 Å². The normalized spacial score (nSPS) is 13.9. The maximum Gasteiger partial charge on any atom is 0.255 e. The number of fused-ring (bicyclic) bond motifs is 1. The van der Waals surface area contributed by atoms with Crippen molar-refractivity contribution in [2.75, 3.05) is 38.3 Å². The van der Waals surface area contributed by atoms with Crippen LogP contribution in [0.2, 0.25) is 0 Å². The van der Waals surface area contributed by atoms with E-state index in [0.29, 0.717) is 24.6 Å². The Morgan fingerprint density at radius 1 is 1.30 bits per heavy atom. The summed E-state index contributed by atoms with van der Waals surface area (Å²) in [4.78, 5) is 12.3. The van der Waals surface area contributed by atoms with Gasteiger partial charge in [-0.3, -0.25) is 4.79 Å². The molecule has 7 nitrogen and oxygen atoms in total. The van der Waals surface area contributed by atoms with Crippen LogP contribution in [0.15, 0.2) is 18.2 Å². The first-order valence-corrected chi connectivity index (χ1v) is 6.30. The van der Waals surface area contributed by atoms with Crippen LogP contribution in [0.5, 0.6) is 5.75 Å². The third-order valence-electron chi connectivity index (χ3n) is 3.21. The number of benzene rings is 1. The summed E-state index contributed by atoms with van der Waals surface area (Å²) in [5.74, 6) is -0.0957. The summed E-state index contributed by atoms with van der Waals surface area (Å²) in [7, 11) is 0. The second-order valence-electron chi connectivity index (χ2n) is 4.67. The maximum absolute atomic E-state index is 12.3. The van der Waals surface area contributed by atoms with Gasteiger partial charge < -0.3 is 30.7 Å². The van der Waals surface area contributed by atoms with Crippen LogP contribution in [0, 0.1) is 0 Å². The van der Waals surface area contributed by atoms with Crippen molar-refractivity contribution in [3.63, 3.8) is 0 Å². The van der Waals surface area contributed by atoms with E-state index in [-0.39, 0.29) is 5.56 Å². The van der Waals surface area contributed by atoms with Gasteiger partial charge in [-0.1, -0.05) is 6.07 Å². The molecule has 0 saturated heterocycles. The molecule has 7 heteroatoms. The van der Waals surface area contributed by atoms with E-state index in [1.54, 1.807) is 18.2 Å². The van der Waals surface area contributed by atoms with Gasteiger partial charge in [0.2, 0.25) is 0 Å². The van der Waals surface area contributed by atoms with Crippen LogP contribution in [0.4, 0.5) is 5.69 Å². The molecule has 1 aliphatic heterocycles. The van der Waals surface area contributed by atoms with Gasteiger partial charge in [0, 0.05) is 6.54 Å². The number of hydrogen-bond acceptors (Lipinski definition) is 6. The monoisotopic (exact) mass is 282 g/mol. The minimum absolute atomic E-state index is 0.287. The molecule has 0 bridgehead atoms. The maximum atomic E-state index is 12.3. The molecular formula is C13H18N2O5. The lowest BCUT2D eigenvalue weighted by atomic mass is 10.0. The first-order valence-electron chi connectivity index (χ1n) is 6.30. The predicted molar refractivity (Wildman–Crippen MR) is 71.9 cm³/mol. The first-order chi connectivity index (χ1) is 9.65. The van der Waals surface area contributed by atoms with E-state index in [2.05, 4.69) is 10.6 Å². The number of carbonyl (C=O) groups excluding carboxylic acids is 1. The Morgan fingerprint density at radius 2 is 2.00 bits per heavy atom. The predicted octanol–water partition coefficient (Wildman–Crippen LogP) is -1.06. The Kier molecular flexibility index (Phi) is 4.43. The number of aliphatic hydroxyl groups excluding tert-OH is 3. The molecule has 0 spiro atoms. The topological polar surface area (TPSA) is 111 Å². The summed E-state index contributed by atoms with van der Waals surface area (Å²) in [6.07, 6.45) is 0. The summed E-state index contributed by atoms with van der Waals surface area (Å²) in [5, 5.41) is 33.3. The lowest BCUT2D eigenvalue weighted by Gasteiger charge is -2.29. The van der Waals surface area contributed by atoms with Crippen LogP contribution in [0.1, 0.15) is 10.4 Å². The van der Waals surface area contributed by atoms with Crippen molar-refractivity contribution in [3.05, 3.63) is 23.8 Å². The van der Waals surface area contributed by atoms with E-state index in [4.69, 9.17) is 4.74 Å².